The highest BCUT2D eigenvalue weighted by Crippen LogP contribution is 2.37. The molecule has 0 aliphatic rings. The van der Waals surface area contributed by atoms with Gasteiger partial charge in [-0.05, 0) is 55.3 Å². The lowest BCUT2D eigenvalue weighted by atomic mass is 9.94. The fraction of sp³-hybridized carbons (Fsp3) is 0.429. The van der Waals surface area contributed by atoms with Crippen molar-refractivity contribution in [3.8, 4) is 5.75 Å². The molecular formula is C28H36N2O6. The number of furan rings is 1. The van der Waals surface area contributed by atoms with Gasteiger partial charge in [-0.3, -0.25) is 9.59 Å². The minimum atomic E-state index is -0.930. The molecule has 8 heteroatoms. The van der Waals surface area contributed by atoms with Gasteiger partial charge in [-0.1, -0.05) is 20.3 Å². The van der Waals surface area contributed by atoms with Crippen LogP contribution in [0.3, 0.4) is 0 Å². The number of hydrogen-bond donors (Lipinski definition) is 2. The van der Waals surface area contributed by atoms with Crippen molar-refractivity contribution in [1.29, 1.82) is 0 Å². The second kappa shape index (κ2) is 12.4. The number of carboxylic acid groups (broad SMARTS) is 1. The second-order valence-corrected chi connectivity index (χ2v) is 9.05. The molecule has 0 saturated carbocycles. The maximum atomic E-state index is 12.6. The summed E-state index contributed by atoms with van der Waals surface area (Å²) in [4.78, 5) is 24.8. The number of hydrogen-bond acceptors (Lipinski definition) is 6. The highest BCUT2D eigenvalue weighted by Gasteiger charge is 2.25. The molecule has 0 saturated heterocycles. The first-order valence-electron chi connectivity index (χ1n) is 12.2. The molecule has 1 amide bonds. The predicted octanol–water partition coefficient (Wildman–Crippen LogP) is 5.51. The number of ether oxygens (including phenoxy) is 2. The Morgan fingerprint density at radius 3 is 2.50 bits per heavy atom. The van der Waals surface area contributed by atoms with Crippen LogP contribution in [0.2, 0.25) is 0 Å². The van der Waals surface area contributed by atoms with Crippen LogP contribution in [-0.2, 0) is 9.53 Å². The third kappa shape index (κ3) is 6.57. The number of rotatable bonds is 13. The summed E-state index contributed by atoms with van der Waals surface area (Å²) < 4.78 is 17.2. The minimum absolute atomic E-state index is 0.0694. The molecule has 0 aliphatic heterocycles. The number of nitrogens with zero attached hydrogens (tertiary/aromatic N) is 1. The number of methoxy groups -OCH3 is 1. The van der Waals surface area contributed by atoms with Gasteiger partial charge in [0, 0.05) is 42.9 Å². The molecule has 1 aromatic heterocycles. The van der Waals surface area contributed by atoms with E-state index in [1.165, 1.54) is 4.90 Å². The smallest absolute Gasteiger partial charge is 0.305 e. The molecule has 8 nitrogen and oxygen atoms in total. The van der Waals surface area contributed by atoms with Crippen LogP contribution in [0.1, 0.15) is 54.4 Å². The number of aliphatic carboxylic acids is 1. The molecule has 3 aromatic rings. The van der Waals surface area contributed by atoms with Crippen LogP contribution in [0.25, 0.3) is 11.0 Å². The molecule has 1 heterocycles. The number of benzene rings is 2. The van der Waals surface area contributed by atoms with Crippen LogP contribution in [0.5, 0.6) is 5.75 Å². The minimum Gasteiger partial charge on any atom is -0.491 e. The first-order valence-corrected chi connectivity index (χ1v) is 12.2. The fourth-order valence-electron chi connectivity index (χ4n) is 4.02. The summed E-state index contributed by atoms with van der Waals surface area (Å²) in [5, 5.41) is 13.5. The predicted molar refractivity (Wildman–Crippen MR) is 140 cm³/mol. The molecular weight excluding hydrogens is 460 g/mol. The van der Waals surface area contributed by atoms with Crippen molar-refractivity contribution in [2.75, 3.05) is 39.2 Å². The van der Waals surface area contributed by atoms with E-state index in [-0.39, 0.29) is 30.8 Å². The zero-order valence-corrected chi connectivity index (χ0v) is 21.7. The topological polar surface area (TPSA) is 101 Å². The van der Waals surface area contributed by atoms with Crippen LogP contribution in [0.15, 0.2) is 46.9 Å². The first-order chi connectivity index (χ1) is 17.2. The number of aryl methyl sites for hydroxylation is 1. The molecule has 0 radical (unpaired) electrons. The molecule has 2 atom stereocenters. The van der Waals surface area contributed by atoms with Crippen LogP contribution in [0, 0.1) is 12.8 Å². The van der Waals surface area contributed by atoms with Gasteiger partial charge in [0.2, 0.25) is 0 Å². The van der Waals surface area contributed by atoms with Gasteiger partial charge >= 0.3 is 5.97 Å². The summed E-state index contributed by atoms with van der Waals surface area (Å²) >= 11 is 0. The average Bonchev–Trinajstić information content (AvgIpc) is 3.20. The summed E-state index contributed by atoms with van der Waals surface area (Å²) in [6.45, 7) is 7.56. The Morgan fingerprint density at radius 2 is 1.86 bits per heavy atom. The van der Waals surface area contributed by atoms with E-state index in [0.29, 0.717) is 18.8 Å². The van der Waals surface area contributed by atoms with Crippen molar-refractivity contribution < 1.29 is 28.6 Å². The Hall–Kier alpha value is -3.52. The van der Waals surface area contributed by atoms with Crippen molar-refractivity contribution in [3.05, 3.63) is 59.4 Å². The van der Waals surface area contributed by atoms with Gasteiger partial charge in [-0.25, -0.2) is 0 Å². The number of fused-ring (bicyclic) bond motifs is 1. The highest BCUT2D eigenvalue weighted by molar-refractivity contribution is 5.94. The maximum Gasteiger partial charge on any atom is 0.305 e. The standard InChI is InChI=1S/C28H36N2O6/c1-6-18(2)26(27-19(3)23-17-22(35-16-15-34-5)11-12-24(23)36-27)29-21-9-7-20(8-10-21)28(33)30(4)14-13-25(31)32/h7-12,17-18,26,29H,6,13-16H2,1-5H3,(H,31,32). The molecule has 0 spiro atoms. The largest absolute Gasteiger partial charge is 0.491 e. The number of anilines is 1. The van der Waals surface area contributed by atoms with E-state index in [0.717, 1.165) is 40.2 Å². The van der Waals surface area contributed by atoms with Gasteiger partial charge in [0.15, 0.2) is 0 Å². The Bertz CT molecular complexity index is 1170. The van der Waals surface area contributed by atoms with Gasteiger partial charge in [-0.15, -0.1) is 0 Å². The Labute approximate surface area is 212 Å². The van der Waals surface area contributed by atoms with E-state index in [4.69, 9.17) is 19.0 Å². The first kappa shape index (κ1) is 27.1. The van der Waals surface area contributed by atoms with Crippen molar-refractivity contribution in [1.82, 2.24) is 4.90 Å². The van der Waals surface area contributed by atoms with Crippen molar-refractivity contribution in [2.45, 2.75) is 39.7 Å². The van der Waals surface area contributed by atoms with Gasteiger partial charge in [0.05, 0.1) is 19.1 Å². The Morgan fingerprint density at radius 1 is 1.14 bits per heavy atom. The number of amides is 1. The second-order valence-electron chi connectivity index (χ2n) is 9.05. The zero-order chi connectivity index (χ0) is 26.2. The number of carbonyl (C=O) groups excluding carboxylic acids is 1. The summed E-state index contributed by atoms with van der Waals surface area (Å²) in [5.41, 5.74) is 3.25. The SMILES string of the molecule is CCC(C)C(Nc1ccc(C(=O)N(C)CCC(=O)O)cc1)c1oc2ccc(OCCOC)cc2c1C. The van der Waals surface area contributed by atoms with Crippen LogP contribution in [0.4, 0.5) is 5.69 Å². The van der Waals surface area contributed by atoms with Crippen molar-refractivity contribution in [2.24, 2.45) is 5.92 Å². The summed E-state index contributed by atoms with van der Waals surface area (Å²) in [7, 11) is 3.25. The highest BCUT2D eigenvalue weighted by atomic mass is 16.5. The fourth-order valence-corrected chi connectivity index (χ4v) is 4.02. The van der Waals surface area contributed by atoms with Gasteiger partial charge in [0.25, 0.3) is 5.91 Å². The maximum absolute atomic E-state index is 12.6. The molecule has 2 N–H and O–H groups in total. The summed E-state index contributed by atoms with van der Waals surface area (Å²) in [5.74, 6) is 0.794. The molecule has 194 valence electrons. The third-order valence-electron chi connectivity index (χ3n) is 6.46. The third-order valence-corrected chi connectivity index (χ3v) is 6.46. The van der Waals surface area contributed by atoms with E-state index in [1.54, 1.807) is 26.3 Å². The van der Waals surface area contributed by atoms with E-state index >= 15 is 0 Å². The molecule has 2 aromatic carbocycles. The van der Waals surface area contributed by atoms with Crippen LogP contribution in [-0.4, -0.2) is 55.8 Å². The molecule has 0 fully saturated rings. The van der Waals surface area contributed by atoms with E-state index in [9.17, 15) is 9.59 Å². The van der Waals surface area contributed by atoms with E-state index < -0.39 is 5.97 Å². The van der Waals surface area contributed by atoms with E-state index in [1.807, 2.05) is 30.3 Å². The van der Waals surface area contributed by atoms with Crippen molar-refractivity contribution in [3.63, 3.8) is 0 Å². The lowest BCUT2D eigenvalue weighted by molar-refractivity contribution is -0.137. The zero-order valence-electron chi connectivity index (χ0n) is 21.7. The molecule has 0 aliphatic carbocycles. The van der Waals surface area contributed by atoms with Crippen LogP contribution < -0.4 is 10.1 Å². The van der Waals surface area contributed by atoms with Crippen LogP contribution >= 0.6 is 0 Å². The molecule has 2 unspecified atom stereocenters. The normalized spacial score (nSPS) is 12.8. The molecule has 36 heavy (non-hydrogen) atoms. The van der Waals surface area contributed by atoms with E-state index in [2.05, 4.69) is 26.1 Å². The van der Waals surface area contributed by atoms with Gasteiger partial charge < -0.3 is 29.2 Å². The quantitative estimate of drug-likeness (QED) is 0.301. The number of carboxylic acids is 1. The number of carbonyl (C=O) groups is 2. The molecule has 3 rings (SSSR count). The Balaban J connectivity index is 1.80. The van der Waals surface area contributed by atoms with Gasteiger partial charge in [-0.2, -0.15) is 0 Å². The lowest BCUT2D eigenvalue weighted by Gasteiger charge is -2.24. The molecule has 0 bridgehead atoms. The number of nitrogens with one attached hydrogen (secondary N) is 1. The lowest BCUT2D eigenvalue weighted by Crippen LogP contribution is -2.29. The monoisotopic (exact) mass is 496 g/mol. The van der Waals surface area contributed by atoms with Gasteiger partial charge in [0.1, 0.15) is 23.7 Å². The Kier molecular flexibility index (Phi) is 9.36. The average molecular weight is 497 g/mol. The summed E-state index contributed by atoms with van der Waals surface area (Å²) in [6.07, 6.45) is 0.862. The van der Waals surface area contributed by atoms with Crippen molar-refractivity contribution >= 4 is 28.5 Å². The summed E-state index contributed by atoms with van der Waals surface area (Å²) in [6, 6.07) is 13.0.